The van der Waals surface area contributed by atoms with Crippen LogP contribution in [0.2, 0.25) is 0 Å². The summed E-state index contributed by atoms with van der Waals surface area (Å²) in [4.78, 5) is 14.3. The second-order valence-corrected chi connectivity index (χ2v) is 8.29. The zero-order chi connectivity index (χ0) is 29.6. The average molecular weight is 544 g/mol. The maximum Gasteiger partial charge on any atom is 0.197 e. The van der Waals surface area contributed by atoms with E-state index in [4.69, 9.17) is 15.4 Å². The summed E-state index contributed by atoms with van der Waals surface area (Å²) in [5, 5.41) is 7.64. The number of nitrogens with zero attached hydrogens (tertiary/aromatic N) is 6. The van der Waals surface area contributed by atoms with Crippen molar-refractivity contribution in [1.29, 1.82) is 0 Å². The van der Waals surface area contributed by atoms with Crippen LogP contribution in [-0.2, 0) is 6.54 Å². The van der Waals surface area contributed by atoms with E-state index in [1.165, 1.54) is 11.3 Å². The highest BCUT2D eigenvalue weighted by molar-refractivity contribution is 6.03. The van der Waals surface area contributed by atoms with Gasteiger partial charge in [0.25, 0.3) is 0 Å². The number of allylic oxidation sites excluding steroid dienone is 5. The van der Waals surface area contributed by atoms with E-state index in [9.17, 15) is 4.39 Å². The normalized spacial score (nSPS) is 14.3. The van der Waals surface area contributed by atoms with Gasteiger partial charge in [-0.1, -0.05) is 65.8 Å². The molecule has 0 saturated carbocycles. The highest BCUT2D eigenvalue weighted by atomic mass is 19.1. The first kappa shape index (κ1) is 35.7. The van der Waals surface area contributed by atoms with Crippen molar-refractivity contribution >= 4 is 17.2 Å². The number of halogens is 1. The zero-order valence-electron chi connectivity index (χ0n) is 25.4. The Labute approximate surface area is 235 Å². The molecule has 0 amide bonds. The van der Waals surface area contributed by atoms with Gasteiger partial charge in [0.05, 0.1) is 24.8 Å². The van der Waals surface area contributed by atoms with Crippen LogP contribution in [-0.4, -0.2) is 64.2 Å². The van der Waals surface area contributed by atoms with Crippen LogP contribution in [0.3, 0.4) is 0 Å². The number of nitrogen functional groups attached to an aromatic ring is 1. The van der Waals surface area contributed by atoms with Crippen molar-refractivity contribution < 1.29 is 9.02 Å². The van der Waals surface area contributed by atoms with Crippen molar-refractivity contribution in [1.82, 2.24) is 25.1 Å². The molecule has 8 nitrogen and oxygen atoms in total. The van der Waals surface area contributed by atoms with E-state index in [2.05, 4.69) is 58.5 Å². The molecule has 0 spiro atoms. The van der Waals surface area contributed by atoms with Crippen LogP contribution in [0.4, 0.5) is 15.9 Å². The molecule has 0 unspecified atom stereocenters. The Hall–Kier alpha value is -3.33. The summed E-state index contributed by atoms with van der Waals surface area (Å²) in [6, 6.07) is 0. The lowest BCUT2D eigenvalue weighted by Gasteiger charge is -2.24. The summed E-state index contributed by atoms with van der Waals surface area (Å²) in [6.07, 6.45) is 14.5. The van der Waals surface area contributed by atoms with Crippen LogP contribution < -0.4 is 5.73 Å². The molecule has 1 aliphatic heterocycles. The number of pyridine rings is 1. The van der Waals surface area contributed by atoms with E-state index in [1.807, 2.05) is 46.0 Å². The zero-order valence-corrected chi connectivity index (χ0v) is 25.4. The summed E-state index contributed by atoms with van der Waals surface area (Å²) in [5.74, 6) is 0.266. The van der Waals surface area contributed by atoms with Gasteiger partial charge >= 0.3 is 0 Å². The highest BCUT2D eigenvalue weighted by Crippen LogP contribution is 2.25. The molecule has 9 heteroatoms. The first-order valence-electron chi connectivity index (χ1n) is 13.9. The Morgan fingerprint density at radius 1 is 1.10 bits per heavy atom. The van der Waals surface area contributed by atoms with Crippen molar-refractivity contribution in [3.05, 3.63) is 65.8 Å². The lowest BCUT2D eigenvalue weighted by molar-refractivity contribution is 0.270. The summed E-state index contributed by atoms with van der Waals surface area (Å²) in [7, 11) is 0.500. The highest BCUT2D eigenvalue weighted by Gasteiger charge is 2.18. The minimum atomic E-state index is 0.266. The lowest BCUT2D eigenvalue weighted by Crippen LogP contribution is -2.29. The molecule has 218 valence electrons. The minimum Gasteiger partial charge on any atom is -0.379 e. The van der Waals surface area contributed by atoms with Crippen molar-refractivity contribution in [3.8, 4) is 0 Å². The second-order valence-electron chi connectivity index (χ2n) is 8.29. The third-order valence-electron chi connectivity index (χ3n) is 5.89. The van der Waals surface area contributed by atoms with Gasteiger partial charge in [-0.25, -0.2) is 9.62 Å². The molecular formula is C30H50FN7O. The minimum absolute atomic E-state index is 0.266. The van der Waals surface area contributed by atoms with Crippen LogP contribution in [0, 0.1) is 6.92 Å². The van der Waals surface area contributed by atoms with Crippen LogP contribution in [0.5, 0.6) is 0 Å². The summed E-state index contributed by atoms with van der Waals surface area (Å²) >= 11 is 0. The van der Waals surface area contributed by atoms with E-state index < -0.39 is 0 Å². The molecule has 0 atom stereocenters. The molecule has 0 radical (unpaired) electrons. The van der Waals surface area contributed by atoms with Gasteiger partial charge in [0.1, 0.15) is 0 Å². The maximum atomic E-state index is 9.50. The maximum absolute atomic E-state index is 9.50. The number of rotatable bonds is 9. The third-order valence-corrected chi connectivity index (χ3v) is 5.89. The Bertz CT molecular complexity index is 1030. The van der Waals surface area contributed by atoms with Crippen molar-refractivity contribution in [2.75, 3.05) is 39.1 Å². The fourth-order valence-corrected chi connectivity index (χ4v) is 3.93. The van der Waals surface area contributed by atoms with E-state index in [1.54, 1.807) is 12.3 Å². The SMILES string of the molecule is C=C/C=C\C=C(/C)N1CCCN(Cc2cncc(N=C(CCC)c3nonc3N)c2C)CC1.CC.CC.CF. The Balaban J connectivity index is 0.00000225. The Morgan fingerprint density at radius 3 is 2.44 bits per heavy atom. The van der Waals surface area contributed by atoms with Gasteiger partial charge in [0.15, 0.2) is 11.5 Å². The molecule has 0 aliphatic carbocycles. The number of anilines is 1. The van der Waals surface area contributed by atoms with E-state index in [0.29, 0.717) is 12.9 Å². The molecule has 3 rings (SSSR count). The number of hydrogen-bond donors (Lipinski definition) is 1. The summed E-state index contributed by atoms with van der Waals surface area (Å²) in [5.41, 5.74) is 11.6. The number of nitrogens with two attached hydrogens (primary N) is 1. The van der Waals surface area contributed by atoms with Gasteiger partial charge in [0.2, 0.25) is 0 Å². The van der Waals surface area contributed by atoms with Crippen LogP contribution in [0.25, 0.3) is 0 Å². The first-order chi connectivity index (χ1) is 19.0. The molecule has 1 saturated heterocycles. The predicted molar refractivity (Wildman–Crippen MR) is 163 cm³/mol. The molecule has 0 bridgehead atoms. The van der Waals surface area contributed by atoms with Crippen LogP contribution in [0.1, 0.15) is 77.6 Å². The number of aliphatic imine (C=N–C) groups is 1. The van der Waals surface area contributed by atoms with Crippen molar-refractivity contribution in [3.63, 3.8) is 0 Å². The van der Waals surface area contributed by atoms with Crippen molar-refractivity contribution in [2.45, 2.75) is 74.3 Å². The molecule has 2 N–H and O–H groups in total. The standard InChI is InChI=1S/C25H35N7O.2C2H6.CH3F/c1-5-7-8-11-19(3)32-13-9-12-31(14-15-32)18-21-16-27-17-23(20(21)4)28-22(10-6-2)24-25(26)30-33-29-24;3*1-2/h5,7-8,11,16-17H,1,6,9-10,12-15,18H2,2-4H3,(H2,26,30);2*1-2H3;1H3/b8-7-,19-11+,28-22?;;;. The van der Waals surface area contributed by atoms with E-state index in [0.717, 1.165) is 68.9 Å². The number of aromatic nitrogens is 3. The van der Waals surface area contributed by atoms with Crippen LogP contribution >= 0.6 is 0 Å². The van der Waals surface area contributed by atoms with Crippen molar-refractivity contribution in [2.24, 2.45) is 4.99 Å². The average Bonchev–Trinajstić information content (AvgIpc) is 3.26. The fourth-order valence-electron chi connectivity index (χ4n) is 3.93. The third kappa shape index (κ3) is 11.9. The van der Waals surface area contributed by atoms with Gasteiger partial charge in [-0.2, -0.15) is 0 Å². The van der Waals surface area contributed by atoms with Gasteiger partial charge in [0, 0.05) is 44.6 Å². The molecule has 1 aliphatic rings. The quantitative estimate of drug-likeness (QED) is 0.267. The molecule has 1 fully saturated rings. The number of alkyl halides is 1. The van der Waals surface area contributed by atoms with E-state index in [-0.39, 0.29) is 5.82 Å². The molecule has 39 heavy (non-hydrogen) atoms. The molecule has 0 aromatic carbocycles. The van der Waals surface area contributed by atoms with E-state index >= 15 is 0 Å². The van der Waals surface area contributed by atoms with Gasteiger partial charge in [-0.15, -0.1) is 0 Å². The molecular weight excluding hydrogens is 493 g/mol. The van der Waals surface area contributed by atoms with Gasteiger partial charge in [-0.05, 0) is 54.2 Å². The van der Waals surface area contributed by atoms with Gasteiger partial charge < -0.3 is 10.6 Å². The molecule has 2 aromatic heterocycles. The smallest absolute Gasteiger partial charge is 0.197 e. The monoisotopic (exact) mass is 543 g/mol. The fraction of sp³-hybridized carbons (Fsp3) is 0.533. The predicted octanol–water partition coefficient (Wildman–Crippen LogP) is 7.07. The largest absolute Gasteiger partial charge is 0.379 e. The lowest BCUT2D eigenvalue weighted by atomic mass is 10.1. The summed E-state index contributed by atoms with van der Waals surface area (Å²) in [6.45, 7) is 23.1. The number of hydrogen-bond acceptors (Lipinski definition) is 8. The van der Waals surface area contributed by atoms with Crippen LogP contribution in [0.15, 0.2) is 58.6 Å². The topological polar surface area (TPSA) is 96.7 Å². The summed E-state index contributed by atoms with van der Waals surface area (Å²) < 4.78 is 14.3. The first-order valence-corrected chi connectivity index (χ1v) is 13.9. The Kier molecular flexibility index (Phi) is 19.7. The molecule has 3 heterocycles. The molecule has 2 aromatic rings. The second kappa shape index (κ2) is 21.6. The Morgan fingerprint density at radius 2 is 1.82 bits per heavy atom. The van der Waals surface area contributed by atoms with Gasteiger partial charge in [-0.3, -0.25) is 14.3 Å².